The number of carbonyl (C=O) groups is 1. The lowest BCUT2D eigenvalue weighted by molar-refractivity contribution is -0.120. The lowest BCUT2D eigenvalue weighted by Crippen LogP contribution is -2.29. The molecule has 0 bridgehead atoms. The van der Waals surface area contributed by atoms with Crippen molar-refractivity contribution in [2.24, 2.45) is 5.73 Å². The average molecular weight is 603 g/mol. The van der Waals surface area contributed by atoms with E-state index in [1.165, 1.54) is 17.7 Å². The van der Waals surface area contributed by atoms with E-state index in [9.17, 15) is 9.18 Å². The Labute approximate surface area is 256 Å². The topological polar surface area (TPSA) is 148 Å². The summed E-state index contributed by atoms with van der Waals surface area (Å²) >= 11 is 0. The van der Waals surface area contributed by atoms with Gasteiger partial charge in [-0.2, -0.15) is 15.0 Å². The molecular weight excluding hydrogens is 563 g/mol. The van der Waals surface area contributed by atoms with Gasteiger partial charge in [0.1, 0.15) is 5.82 Å². The number of aromatic nitrogens is 3. The van der Waals surface area contributed by atoms with Crippen molar-refractivity contribution < 1.29 is 18.7 Å². The van der Waals surface area contributed by atoms with Crippen molar-refractivity contribution in [2.75, 3.05) is 62.0 Å². The number of nitrogens with two attached hydrogens (primary N) is 1. The number of hydrogen-bond donors (Lipinski definition) is 5. The van der Waals surface area contributed by atoms with Gasteiger partial charge in [-0.3, -0.25) is 4.79 Å². The van der Waals surface area contributed by atoms with Gasteiger partial charge in [-0.15, -0.1) is 0 Å². The molecule has 0 radical (unpaired) electrons. The molecule has 232 valence electrons. The third-order valence-corrected chi connectivity index (χ3v) is 6.32. The molecule has 44 heavy (non-hydrogen) atoms. The van der Waals surface area contributed by atoms with Gasteiger partial charge in [0.2, 0.25) is 23.8 Å². The number of benzene rings is 3. The summed E-state index contributed by atoms with van der Waals surface area (Å²) in [6.07, 6.45) is 1.05. The molecule has 12 heteroatoms. The number of nitrogens with one attached hydrogen (secondary N) is 4. The first-order chi connectivity index (χ1) is 21.6. The number of nitrogens with zero attached hydrogens (tertiary/aromatic N) is 3. The van der Waals surface area contributed by atoms with Gasteiger partial charge in [-0.05, 0) is 47.4 Å². The monoisotopic (exact) mass is 602 g/mol. The Kier molecular flexibility index (Phi) is 13.3. The molecule has 0 aliphatic carbocycles. The maximum atomic E-state index is 13.3. The standard InChI is InChI=1S/C32H39FN8O3/c33-27-10-6-26(7-11-27)23-37-31-39-30(36-16-14-24-4-2-1-3-5-24)40-32(41-31)38-28-12-8-25(9-13-28)22-29(42)35-17-19-44-21-20-43-18-15-34/h1-13H,14-23,34H2,(H,35,42)(H3,36,37,38,39,40,41). The van der Waals surface area contributed by atoms with Crippen LogP contribution in [-0.2, 0) is 33.7 Å². The number of hydrogen-bond acceptors (Lipinski definition) is 10. The molecule has 1 heterocycles. The van der Waals surface area contributed by atoms with Crippen LogP contribution in [0, 0.1) is 5.82 Å². The summed E-state index contributed by atoms with van der Waals surface area (Å²) in [7, 11) is 0. The predicted octanol–water partition coefficient (Wildman–Crippen LogP) is 3.67. The van der Waals surface area contributed by atoms with Crippen molar-refractivity contribution in [1.29, 1.82) is 0 Å². The summed E-state index contributed by atoms with van der Waals surface area (Å²) in [5.41, 5.74) is 9.08. The average Bonchev–Trinajstić information content (AvgIpc) is 3.03. The highest BCUT2D eigenvalue weighted by molar-refractivity contribution is 5.78. The highest BCUT2D eigenvalue weighted by Crippen LogP contribution is 2.18. The molecule has 3 aromatic carbocycles. The lowest BCUT2D eigenvalue weighted by atomic mass is 10.1. The zero-order valence-electron chi connectivity index (χ0n) is 24.6. The fourth-order valence-electron chi connectivity index (χ4n) is 4.09. The molecule has 0 fully saturated rings. The zero-order chi connectivity index (χ0) is 30.8. The number of rotatable bonds is 19. The molecule has 0 unspecified atom stereocenters. The summed E-state index contributed by atoms with van der Waals surface area (Å²) in [5.74, 6) is 0.759. The fourth-order valence-corrected chi connectivity index (χ4v) is 4.09. The van der Waals surface area contributed by atoms with Crippen LogP contribution in [0.3, 0.4) is 0 Å². The van der Waals surface area contributed by atoms with Crippen molar-refractivity contribution in [3.63, 3.8) is 0 Å². The minimum atomic E-state index is -0.289. The second-order valence-corrected chi connectivity index (χ2v) is 9.81. The quantitative estimate of drug-likeness (QED) is 0.101. The summed E-state index contributed by atoms with van der Waals surface area (Å²) in [6, 6.07) is 23.9. The van der Waals surface area contributed by atoms with Crippen molar-refractivity contribution in [3.8, 4) is 0 Å². The van der Waals surface area contributed by atoms with Crippen LogP contribution in [0.2, 0.25) is 0 Å². The van der Waals surface area contributed by atoms with Gasteiger partial charge in [-0.25, -0.2) is 4.39 Å². The Morgan fingerprint density at radius 1 is 0.705 bits per heavy atom. The minimum Gasteiger partial charge on any atom is -0.378 e. The predicted molar refractivity (Wildman–Crippen MR) is 169 cm³/mol. The van der Waals surface area contributed by atoms with Crippen LogP contribution < -0.4 is 27.0 Å². The summed E-state index contributed by atoms with van der Waals surface area (Å²) in [5, 5.41) is 12.5. The van der Waals surface area contributed by atoms with Crippen molar-refractivity contribution in [1.82, 2.24) is 20.3 Å². The van der Waals surface area contributed by atoms with E-state index in [0.29, 0.717) is 70.5 Å². The molecule has 1 amide bonds. The van der Waals surface area contributed by atoms with E-state index in [1.807, 2.05) is 42.5 Å². The third kappa shape index (κ3) is 11.9. The van der Waals surface area contributed by atoms with Crippen molar-refractivity contribution in [3.05, 3.63) is 101 Å². The van der Waals surface area contributed by atoms with Crippen LogP contribution in [0.25, 0.3) is 0 Å². The van der Waals surface area contributed by atoms with E-state index in [4.69, 9.17) is 15.2 Å². The first-order valence-electron chi connectivity index (χ1n) is 14.6. The minimum absolute atomic E-state index is 0.0887. The van der Waals surface area contributed by atoms with E-state index in [0.717, 1.165) is 23.2 Å². The zero-order valence-corrected chi connectivity index (χ0v) is 24.6. The molecule has 1 aromatic heterocycles. The second kappa shape index (κ2) is 18.1. The van der Waals surface area contributed by atoms with Crippen LogP contribution >= 0.6 is 0 Å². The molecule has 6 N–H and O–H groups in total. The molecule has 0 atom stereocenters. The third-order valence-electron chi connectivity index (χ3n) is 6.32. The maximum absolute atomic E-state index is 13.3. The molecule has 0 aliphatic rings. The number of amides is 1. The highest BCUT2D eigenvalue weighted by Gasteiger charge is 2.09. The normalized spacial score (nSPS) is 10.8. The number of carbonyl (C=O) groups excluding carboxylic acids is 1. The summed E-state index contributed by atoms with van der Waals surface area (Å²) in [6.45, 7) is 3.82. The van der Waals surface area contributed by atoms with Gasteiger partial charge >= 0.3 is 0 Å². The van der Waals surface area contributed by atoms with Gasteiger partial charge in [0, 0.05) is 31.9 Å². The first kappa shape index (κ1) is 32.3. The van der Waals surface area contributed by atoms with Crippen molar-refractivity contribution >= 4 is 29.4 Å². The van der Waals surface area contributed by atoms with Gasteiger partial charge in [0.05, 0.1) is 32.8 Å². The highest BCUT2D eigenvalue weighted by atomic mass is 19.1. The second-order valence-electron chi connectivity index (χ2n) is 9.81. The van der Waals surface area contributed by atoms with E-state index >= 15 is 0 Å². The van der Waals surface area contributed by atoms with E-state index in [-0.39, 0.29) is 18.1 Å². The molecule has 11 nitrogen and oxygen atoms in total. The maximum Gasteiger partial charge on any atom is 0.233 e. The summed E-state index contributed by atoms with van der Waals surface area (Å²) in [4.78, 5) is 25.9. The van der Waals surface area contributed by atoms with Gasteiger partial charge in [-0.1, -0.05) is 54.6 Å². The van der Waals surface area contributed by atoms with Gasteiger partial charge < -0.3 is 36.5 Å². The molecular formula is C32H39FN8O3. The Morgan fingerprint density at radius 2 is 1.36 bits per heavy atom. The molecule has 4 rings (SSSR count). The Bertz CT molecular complexity index is 1410. The largest absolute Gasteiger partial charge is 0.378 e. The van der Waals surface area contributed by atoms with Gasteiger partial charge in [0.25, 0.3) is 0 Å². The van der Waals surface area contributed by atoms with Crippen LogP contribution in [0.4, 0.5) is 27.9 Å². The molecule has 0 aliphatic heterocycles. The Balaban J connectivity index is 1.31. The van der Waals surface area contributed by atoms with Crippen molar-refractivity contribution in [2.45, 2.75) is 19.4 Å². The first-order valence-corrected chi connectivity index (χ1v) is 14.6. The number of anilines is 4. The Morgan fingerprint density at radius 3 is 2.09 bits per heavy atom. The van der Waals surface area contributed by atoms with Crippen LogP contribution in [0.15, 0.2) is 78.9 Å². The van der Waals surface area contributed by atoms with Crippen LogP contribution in [-0.4, -0.2) is 66.9 Å². The molecule has 0 saturated carbocycles. The smallest absolute Gasteiger partial charge is 0.233 e. The molecule has 0 saturated heterocycles. The van der Waals surface area contributed by atoms with E-state index in [1.54, 1.807) is 12.1 Å². The van der Waals surface area contributed by atoms with Gasteiger partial charge in [0.15, 0.2) is 0 Å². The van der Waals surface area contributed by atoms with Crippen LogP contribution in [0.1, 0.15) is 16.7 Å². The van der Waals surface area contributed by atoms with Crippen LogP contribution in [0.5, 0.6) is 0 Å². The number of ether oxygens (including phenoxy) is 2. The lowest BCUT2D eigenvalue weighted by Gasteiger charge is -2.12. The molecule has 0 spiro atoms. The molecule has 4 aromatic rings. The SMILES string of the molecule is NCCOCCOCCNC(=O)Cc1ccc(Nc2nc(NCCc3ccccc3)nc(NCc3ccc(F)cc3)n2)cc1. The van der Waals surface area contributed by atoms with E-state index < -0.39 is 0 Å². The summed E-state index contributed by atoms with van der Waals surface area (Å²) < 4.78 is 24.0. The fraction of sp³-hybridized carbons (Fsp3) is 0.312. The Hall–Kier alpha value is -4.65. The van der Waals surface area contributed by atoms with E-state index in [2.05, 4.69) is 48.4 Å². The number of halogens is 1.